The summed E-state index contributed by atoms with van der Waals surface area (Å²) in [6.45, 7) is 8.46. The molecular formula is C18H31N3O2. The predicted molar refractivity (Wildman–Crippen MR) is 96.4 cm³/mol. The molecule has 0 aliphatic carbocycles. The van der Waals surface area contributed by atoms with Crippen LogP contribution in [0.3, 0.4) is 0 Å². The van der Waals surface area contributed by atoms with Crippen LogP contribution in [0.2, 0.25) is 0 Å². The van der Waals surface area contributed by atoms with Crippen LogP contribution in [-0.4, -0.2) is 45.4 Å². The number of nitrogens with one attached hydrogen (secondary N) is 2. The highest BCUT2D eigenvalue weighted by Crippen LogP contribution is 2.13. The Kier molecular flexibility index (Phi) is 8.48. The molecule has 23 heavy (non-hydrogen) atoms. The number of guanidine groups is 1. The largest absolute Gasteiger partial charge is 0.497 e. The summed E-state index contributed by atoms with van der Waals surface area (Å²) in [6, 6.07) is 8.21. The molecule has 0 amide bonds. The number of nitrogens with zero attached hydrogens (tertiary/aromatic N) is 1. The fourth-order valence-electron chi connectivity index (χ4n) is 2.00. The highest BCUT2D eigenvalue weighted by molar-refractivity contribution is 5.79. The molecule has 0 radical (unpaired) electrons. The van der Waals surface area contributed by atoms with Gasteiger partial charge in [-0.3, -0.25) is 4.99 Å². The second kappa shape index (κ2) is 10.1. The van der Waals surface area contributed by atoms with E-state index in [-0.39, 0.29) is 5.60 Å². The summed E-state index contributed by atoms with van der Waals surface area (Å²) in [4.78, 5) is 4.58. The van der Waals surface area contributed by atoms with Crippen LogP contribution in [0.4, 0.5) is 0 Å². The standard InChI is InChI=1S/C18H31N3O2/c1-6-19-17(21-14-18(2,3)23-5)20-12-8-10-15-9-7-11-16(13-15)22-4/h7,9,11,13H,6,8,10,12,14H2,1-5H3,(H2,19,20,21). The minimum absolute atomic E-state index is 0.247. The van der Waals surface area contributed by atoms with Gasteiger partial charge in [-0.1, -0.05) is 12.1 Å². The minimum atomic E-state index is -0.247. The van der Waals surface area contributed by atoms with Crippen molar-refractivity contribution in [1.82, 2.24) is 10.6 Å². The fourth-order valence-corrected chi connectivity index (χ4v) is 2.00. The van der Waals surface area contributed by atoms with Gasteiger partial charge in [0.15, 0.2) is 5.96 Å². The number of aliphatic imine (C=N–C) groups is 1. The van der Waals surface area contributed by atoms with E-state index < -0.39 is 0 Å². The molecule has 0 fully saturated rings. The van der Waals surface area contributed by atoms with Crippen LogP contribution < -0.4 is 15.4 Å². The number of rotatable bonds is 9. The van der Waals surface area contributed by atoms with Crippen LogP contribution in [-0.2, 0) is 11.2 Å². The molecule has 130 valence electrons. The van der Waals surface area contributed by atoms with Gasteiger partial charge >= 0.3 is 0 Å². The molecule has 0 heterocycles. The van der Waals surface area contributed by atoms with E-state index in [1.54, 1.807) is 14.2 Å². The lowest BCUT2D eigenvalue weighted by Gasteiger charge is -2.21. The van der Waals surface area contributed by atoms with E-state index >= 15 is 0 Å². The van der Waals surface area contributed by atoms with Gasteiger partial charge in [-0.25, -0.2) is 0 Å². The van der Waals surface area contributed by atoms with Gasteiger partial charge in [-0.05, 0) is 51.3 Å². The lowest BCUT2D eigenvalue weighted by molar-refractivity contribution is 0.0310. The van der Waals surface area contributed by atoms with Crippen LogP contribution in [0.15, 0.2) is 29.3 Å². The van der Waals surface area contributed by atoms with Crippen LogP contribution in [0.25, 0.3) is 0 Å². The third-order valence-corrected chi connectivity index (χ3v) is 3.58. The molecule has 0 aliphatic rings. The number of benzene rings is 1. The Labute approximate surface area is 140 Å². The second-order valence-corrected chi connectivity index (χ2v) is 6.04. The van der Waals surface area contributed by atoms with Crippen LogP contribution in [0.1, 0.15) is 32.8 Å². The average Bonchev–Trinajstić information content (AvgIpc) is 2.56. The molecule has 1 aromatic rings. The van der Waals surface area contributed by atoms with E-state index in [1.165, 1.54) is 5.56 Å². The Morgan fingerprint density at radius 3 is 2.65 bits per heavy atom. The first-order chi connectivity index (χ1) is 11.0. The molecule has 5 nitrogen and oxygen atoms in total. The Bertz CT molecular complexity index is 487. The fraction of sp³-hybridized carbons (Fsp3) is 0.611. The van der Waals surface area contributed by atoms with Crippen molar-refractivity contribution in [2.24, 2.45) is 4.99 Å². The summed E-state index contributed by atoms with van der Waals surface area (Å²) in [5.41, 5.74) is 1.04. The van der Waals surface area contributed by atoms with Gasteiger partial charge in [0.1, 0.15) is 5.75 Å². The Morgan fingerprint density at radius 1 is 1.22 bits per heavy atom. The molecule has 0 aliphatic heterocycles. The van der Waals surface area contributed by atoms with E-state index in [9.17, 15) is 0 Å². The van der Waals surface area contributed by atoms with Gasteiger partial charge < -0.3 is 20.1 Å². The van der Waals surface area contributed by atoms with Crippen LogP contribution >= 0.6 is 0 Å². The number of ether oxygens (including phenoxy) is 2. The Hall–Kier alpha value is -1.75. The highest BCUT2D eigenvalue weighted by atomic mass is 16.5. The van der Waals surface area contributed by atoms with Crippen molar-refractivity contribution >= 4 is 5.96 Å². The van der Waals surface area contributed by atoms with Crippen molar-refractivity contribution in [3.63, 3.8) is 0 Å². The minimum Gasteiger partial charge on any atom is -0.497 e. The lowest BCUT2D eigenvalue weighted by atomic mass is 10.1. The molecule has 0 spiro atoms. The molecule has 0 bridgehead atoms. The molecule has 0 saturated heterocycles. The maximum absolute atomic E-state index is 5.40. The van der Waals surface area contributed by atoms with E-state index in [1.807, 2.05) is 26.0 Å². The van der Waals surface area contributed by atoms with Gasteiger partial charge in [0, 0.05) is 20.2 Å². The van der Waals surface area contributed by atoms with Crippen LogP contribution in [0.5, 0.6) is 5.75 Å². The molecule has 5 heteroatoms. The Morgan fingerprint density at radius 2 is 2.00 bits per heavy atom. The molecule has 1 aromatic carbocycles. The van der Waals surface area contributed by atoms with Gasteiger partial charge in [-0.15, -0.1) is 0 Å². The highest BCUT2D eigenvalue weighted by Gasteiger charge is 2.15. The zero-order valence-electron chi connectivity index (χ0n) is 15.1. The first-order valence-electron chi connectivity index (χ1n) is 8.21. The molecule has 0 atom stereocenters. The number of aryl methyl sites for hydroxylation is 1. The summed E-state index contributed by atoms with van der Waals surface area (Å²) in [6.07, 6.45) is 2.04. The van der Waals surface area contributed by atoms with E-state index in [4.69, 9.17) is 9.47 Å². The van der Waals surface area contributed by atoms with E-state index in [2.05, 4.69) is 34.7 Å². The predicted octanol–water partition coefficient (Wildman–Crippen LogP) is 2.61. The first kappa shape index (κ1) is 19.3. The molecule has 2 N–H and O–H groups in total. The van der Waals surface area contributed by atoms with Crippen molar-refractivity contribution in [3.8, 4) is 5.75 Å². The summed E-state index contributed by atoms with van der Waals surface area (Å²) in [5.74, 6) is 1.75. The van der Waals surface area contributed by atoms with Crippen molar-refractivity contribution in [2.45, 2.75) is 39.2 Å². The third-order valence-electron chi connectivity index (χ3n) is 3.58. The summed E-state index contributed by atoms with van der Waals surface area (Å²) >= 11 is 0. The number of hydrogen-bond acceptors (Lipinski definition) is 3. The second-order valence-electron chi connectivity index (χ2n) is 6.04. The van der Waals surface area contributed by atoms with Gasteiger partial charge in [-0.2, -0.15) is 0 Å². The quantitative estimate of drug-likeness (QED) is 0.417. The zero-order valence-corrected chi connectivity index (χ0v) is 15.1. The van der Waals surface area contributed by atoms with Crippen LogP contribution in [0, 0.1) is 0 Å². The molecule has 0 unspecified atom stereocenters. The monoisotopic (exact) mass is 321 g/mol. The topological polar surface area (TPSA) is 54.9 Å². The van der Waals surface area contributed by atoms with Gasteiger partial charge in [0.2, 0.25) is 0 Å². The van der Waals surface area contributed by atoms with E-state index in [0.717, 1.165) is 37.6 Å². The Balaban J connectivity index is 2.41. The molecule has 0 aromatic heterocycles. The summed E-state index contributed by atoms with van der Waals surface area (Å²) in [5, 5.41) is 6.63. The maximum atomic E-state index is 5.40. The SMILES string of the molecule is CCNC(=NCC(C)(C)OC)NCCCc1cccc(OC)c1. The van der Waals surface area contributed by atoms with Gasteiger partial charge in [0.05, 0.1) is 19.3 Å². The number of methoxy groups -OCH3 is 2. The average molecular weight is 321 g/mol. The number of hydrogen-bond donors (Lipinski definition) is 2. The normalized spacial score (nSPS) is 12.1. The lowest BCUT2D eigenvalue weighted by Crippen LogP contribution is -2.39. The summed E-state index contributed by atoms with van der Waals surface area (Å²) < 4.78 is 10.6. The van der Waals surface area contributed by atoms with E-state index in [0.29, 0.717) is 6.54 Å². The molecule has 0 saturated carbocycles. The third kappa shape index (κ3) is 7.88. The molecule has 1 rings (SSSR count). The van der Waals surface area contributed by atoms with Crippen molar-refractivity contribution in [2.75, 3.05) is 33.9 Å². The van der Waals surface area contributed by atoms with Crippen molar-refractivity contribution < 1.29 is 9.47 Å². The van der Waals surface area contributed by atoms with Gasteiger partial charge in [0.25, 0.3) is 0 Å². The zero-order chi connectivity index (χ0) is 17.1. The summed E-state index contributed by atoms with van der Waals surface area (Å²) in [7, 11) is 3.41. The van der Waals surface area contributed by atoms with Crippen molar-refractivity contribution in [3.05, 3.63) is 29.8 Å². The van der Waals surface area contributed by atoms with Crippen molar-refractivity contribution in [1.29, 1.82) is 0 Å². The first-order valence-corrected chi connectivity index (χ1v) is 8.21. The maximum Gasteiger partial charge on any atom is 0.191 e. The smallest absolute Gasteiger partial charge is 0.191 e. The molecular weight excluding hydrogens is 290 g/mol.